The zero-order valence-corrected chi connectivity index (χ0v) is 7.30. The van der Waals surface area contributed by atoms with Crippen molar-refractivity contribution in [3.8, 4) is 0 Å². The zero-order chi connectivity index (χ0) is 8.55. The Morgan fingerprint density at radius 2 is 2.50 bits per heavy atom. The average molecular weight is 183 g/mol. The van der Waals surface area contributed by atoms with Gasteiger partial charge in [-0.15, -0.1) is 0 Å². The summed E-state index contributed by atoms with van der Waals surface area (Å²) in [6.07, 6.45) is 1.03. The summed E-state index contributed by atoms with van der Waals surface area (Å²) in [6, 6.07) is 1.37. The van der Waals surface area contributed by atoms with Crippen LogP contribution in [0.25, 0.3) is 0 Å². The molecule has 4 nitrogen and oxygen atoms in total. The van der Waals surface area contributed by atoms with Crippen molar-refractivity contribution in [2.75, 3.05) is 11.5 Å². The highest BCUT2D eigenvalue weighted by molar-refractivity contribution is 7.99. The SMILES string of the molecule is Nc1cc(=O)n2c(n1)SCCC2. The summed E-state index contributed by atoms with van der Waals surface area (Å²) < 4.78 is 1.67. The quantitative estimate of drug-likeness (QED) is 0.588. The molecule has 0 saturated heterocycles. The molecule has 0 aromatic carbocycles. The van der Waals surface area contributed by atoms with E-state index in [1.54, 1.807) is 16.3 Å². The Morgan fingerprint density at radius 3 is 3.33 bits per heavy atom. The molecule has 1 aliphatic heterocycles. The van der Waals surface area contributed by atoms with E-state index in [-0.39, 0.29) is 5.56 Å². The van der Waals surface area contributed by atoms with Gasteiger partial charge in [0.25, 0.3) is 5.56 Å². The van der Waals surface area contributed by atoms with Crippen LogP contribution in [0.3, 0.4) is 0 Å². The summed E-state index contributed by atoms with van der Waals surface area (Å²) in [5, 5.41) is 0.756. The van der Waals surface area contributed by atoms with Crippen LogP contribution in [0.2, 0.25) is 0 Å². The maximum absolute atomic E-state index is 11.3. The van der Waals surface area contributed by atoms with Gasteiger partial charge < -0.3 is 5.73 Å². The molecular formula is C7H9N3OS. The lowest BCUT2D eigenvalue weighted by Crippen LogP contribution is -2.25. The molecule has 0 fully saturated rings. The summed E-state index contributed by atoms with van der Waals surface area (Å²) in [5.41, 5.74) is 5.41. The number of rotatable bonds is 0. The number of hydrogen-bond donors (Lipinski definition) is 1. The number of nitrogens with zero attached hydrogens (tertiary/aromatic N) is 2. The van der Waals surface area contributed by atoms with Gasteiger partial charge in [-0.3, -0.25) is 9.36 Å². The number of hydrogen-bond acceptors (Lipinski definition) is 4. The number of nitrogens with two attached hydrogens (primary N) is 1. The normalized spacial score (nSPS) is 15.7. The predicted molar refractivity (Wildman–Crippen MR) is 48.3 cm³/mol. The fourth-order valence-electron chi connectivity index (χ4n) is 1.20. The Balaban J connectivity index is 2.60. The highest BCUT2D eigenvalue weighted by Gasteiger charge is 2.11. The van der Waals surface area contributed by atoms with Crippen molar-refractivity contribution in [2.24, 2.45) is 0 Å². The Kier molecular flexibility index (Phi) is 1.80. The maximum Gasteiger partial charge on any atom is 0.256 e. The Hall–Kier alpha value is -0.970. The smallest absolute Gasteiger partial charge is 0.256 e. The largest absolute Gasteiger partial charge is 0.383 e. The van der Waals surface area contributed by atoms with Gasteiger partial charge in [0.1, 0.15) is 5.82 Å². The van der Waals surface area contributed by atoms with Crippen molar-refractivity contribution in [3.63, 3.8) is 0 Å². The van der Waals surface area contributed by atoms with Gasteiger partial charge in [-0.2, -0.15) is 0 Å². The van der Waals surface area contributed by atoms with E-state index in [1.807, 2.05) is 0 Å². The van der Waals surface area contributed by atoms with E-state index in [9.17, 15) is 4.79 Å². The molecule has 0 unspecified atom stereocenters. The third-order valence-corrected chi connectivity index (χ3v) is 2.81. The first kappa shape index (κ1) is 7.67. The van der Waals surface area contributed by atoms with E-state index in [1.165, 1.54) is 6.07 Å². The number of aromatic nitrogens is 2. The summed E-state index contributed by atoms with van der Waals surface area (Å²) in [5.74, 6) is 1.34. The molecule has 0 amide bonds. The molecule has 64 valence electrons. The molecule has 0 atom stereocenters. The van der Waals surface area contributed by atoms with E-state index in [0.717, 1.165) is 23.9 Å². The molecule has 0 radical (unpaired) electrons. The van der Waals surface area contributed by atoms with E-state index in [4.69, 9.17) is 5.73 Å². The van der Waals surface area contributed by atoms with Crippen molar-refractivity contribution in [1.29, 1.82) is 0 Å². The molecule has 2 heterocycles. The monoisotopic (exact) mass is 183 g/mol. The predicted octanol–water partition coefficient (Wildman–Crippen LogP) is 0.321. The van der Waals surface area contributed by atoms with Crippen LogP contribution in [-0.2, 0) is 6.54 Å². The Labute approximate surface area is 73.8 Å². The number of nitrogen functional groups attached to an aromatic ring is 1. The molecule has 0 aliphatic carbocycles. The minimum atomic E-state index is -0.0373. The van der Waals surface area contributed by atoms with Crippen LogP contribution in [0.1, 0.15) is 6.42 Å². The minimum Gasteiger partial charge on any atom is -0.383 e. The van der Waals surface area contributed by atoms with Crippen LogP contribution < -0.4 is 11.3 Å². The van der Waals surface area contributed by atoms with Gasteiger partial charge in [-0.1, -0.05) is 11.8 Å². The van der Waals surface area contributed by atoms with Crippen molar-refractivity contribution < 1.29 is 0 Å². The van der Waals surface area contributed by atoms with Crippen molar-refractivity contribution in [1.82, 2.24) is 9.55 Å². The highest BCUT2D eigenvalue weighted by Crippen LogP contribution is 2.20. The molecule has 2 N–H and O–H groups in total. The third-order valence-electron chi connectivity index (χ3n) is 1.75. The summed E-state index contributed by atoms with van der Waals surface area (Å²) >= 11 is 1.59. The first-order valence-electron chi connectivity index (χ1n) is 3.77. The first-order chi connectivity index (χ1) is 5.77. The lowest BCUT2D eigenvalue weighted by molar-refractivity contribution is 0.565. The van der Waals surface area contributed by atoms with E-state index < -0.39 is 0 Å². The molecule has 0 bridgehead atoms. The lowest BCUT2D eigenvalue weighted by Gasteiger charge is -2.15. The maximum atomic E-state index is 11.3. The Morgan fingerprint density at radius 1 is 1.67 bits per heavy atom. The van der Waals surface area contributed by atoms with Crippen molar-refractivity contribution in [2.45, 2.75) is 18.1 Å². The second kappa shape index (κ2) is 2.82. The van der Waals surface area contributed by atoms with Gasteiger partial charge >= 0.3 is 0 Å². The van der Waals surface area contributed by atoms with Crippen LogP contribution >= 0.6 is 11.8 Å². The minimum absolute atomic E-state index is 0.0373. The number of thioether (sulfide) groups is 1. The summed E-state index contributed by atoms with van der Waals surface area (Å²) in [4.78, 5) is 15.4. The highest BCUT2D eigenvalue weighted by atomic mass is 32.2. The fraction of sp³-hybridized carbons (Fsp3) is 0.429. The molecule has 5 heteroatoms. The second-order valence-electron chi connectivity index (χ2n) is 2.66. The molecule has 1 aromatic heterocycles. The van der Waals surface area contributed by atoms with Crippen LogP contribution in [-0.4, -0.2) is 15.3 Å². The topological polar surface area (TPSA) is 60.9 Å². The third kappa shape index (κ3) is 1.20. The van der Waals surface area contributed by atoms with Gasteiger partial charge in [0.05, 0.1) is 0 Å². The van der Waals surface area contributed by atoms with Crippen molar-refractivity contribution in [3.05, 3.63) is 16.4 Å². The molecular weight excluding hydrogens is 174 g/mol. The van der Waals surface area contributed by atoms with Gasteiger partial charge in [-0.25, -0.2) is 4.98 Å². The van der Waals surface area contributed by atoms with Crippen LogP contribution in [0.4, 0.5) is 5.82 Å². The first-order valence-corrected chi connectivity index (χ1v) is 4.76. The average Bonchev–Trinajstić information content (AvgIpc) is 2.04. The second-order valence-corrected chi connectivity index (χ2v) is 3.72. The molecule has 2 rings (SSSR count). The lowest BCUT2D eigenvalue weighted by atomic mass is 10.4. The van der Waals surface area contributed by atoms with E-state index in [0.29, 0.717) is 5.82 Å². The van der Waals surface area contributed by atoms with Gasteiger partial charge in [-0.05, 0) is 6.42 Å². The number of anilines is 1. The Bertz CT molecular complexity index is 360. The summed E-state index contributed by atoms with van der Waals surface area (Å²) in [7, 11) is 0. The van der Waals surface area contributed by atoms with Crippen LogP contribution in [0, 0.1) is 0 Å². The molecule has 12 heavy (non-hydrogen) atoms. The molecule has 1 aromatic rings. The van der Waals surface area contributed by atoms with Gasteiger partial charge in [0.15, 0.2) is 5.16 Å². The summed E-state index contributed by atoms with van der Waals surface area (Å²) in [6.45, 7) is 0.772. The molecule has 1 aliphatic rings. The fourth-order valence-corrected chi connectivity index (χ4v) is 2.17. The van der Waals surface area contributed by atoms with E-state index in [2.05, 4.69) is 4.98 Å². The molecule has 0 spiro atoms. The van der Waals surface area contributed by atoms with Gasteiger partial charge in [0.2, 0.25) is 0 Å². The van der Waals surface area contributed by atoms with E-state index >= 15 is 0 Å². The standard InChI is InChI=1S/C7H9N3OS/c8-5-4-6(11)10-2-1-3-12-7(10)9-5/h4H,1-3,8H2. The van der Waals surface area contributed by atoms with Crippen LogP contribution in [0.15, 0.2) is 16.0 Å². The van der Waals surface area contributed by atoms with Gasteiger partial charge in [0, 0.05) is 18.4 Å². The van der Waals surface area contributed by atoms with Crippen LogP contribution in [0.5, 0.6) is 0 Å². The zero-order valence-electron chi connectivity index (χ0n) is 6.49. The number of fused-ring (bicyclic) bond motifs is 1. The molecule has 0 saturated carbocycles. The van der Waals surface area contributed by atoms with Crippen molar-refractivity contribution >= 4 is 17.6 Å².